The molecule has 1 aliphatic heterocycles. The van der Waals surface area contributed by atoms with Crippen LogP contribution in [-0.2, 0) is 10.0 Å². The third-order valence-electron chi connectivity index (χ3n) is 6.28. The van der Waals surface area contributed by atoms with E-state index in [0.29, 0.717) is 17.0 Å². The summed E-state index contributed by atoms with van der Waals surface area (Å²) in [5, 5.41) is 19.0. The van der Waals surface area contributed by atoms with Crippen LogP contribution in [0.2, 0.25) is 0 Å². The quantitative estimate of drug-likeness (QED) is 0.804. The first kappa shape index (κ1) is 17.3. The highest BCUT2D eigenvalue weighted by Gasteiger charge is 2.54. The average Bonchev–Trinajstić information content (AvgIpc) is 3.03. The highest BCUT2D eigenvalue weighted by atomic mass is 32.2. The summed E-state index contributed by atoms with van der Waals surface area (Å²) in [5.74, 6) is -0.136. The molecule has 0 spiro atoms. The van der Waals surface area contributed by atoms with E-state index < -0.39 is 15.9 Å². The molecular formula is C20H21N3O2S. The van der Waals surface area contributed by atoms with Crippen LogP contribution in [0.5, 0.6) is 0 Å². The first-order valence-electron chi connectivity index (χ1n) is 9.07. The molecule has 4 rings (SSSR count). The minimum Gasteiger partial charge on any atom is -0.207 e. The second-order valence-electron chi connectivity index (χ2n) is 7.63. The number of nitriles is 2. The van der Waals surface area contributed by atoms with Gasteiger partial charge in [0.15, 0.2) is 0 Å². The topological polar surface area (TPSA) is 85.0 Å². The summed E-state index contributed by atoms with van der Waals surface area (Å²) in [6.07, 6.45) is 4.50. The lowest BCUT2D eigenvalue weighted by Gasteiger charge is -2.41. The van der Waals surface area contributed by atoms with Crippen molar-refractivity contribution in [1.29, 1.82) is 10.5 Å². The summed E-state index contributed by atoms with van der Waals surface area (Å²) < 4.78 is 28.2. The first-order chi connectivity index (χ1) is 12.5. The van der Waals surface area contributed by atoms with Gasteiger partial charge in [0.2, 0.25) is 10.0 Å². The standard InChI is InChI=1S/C20H21N3O2S/c1-13-5-7-16(8-6-13)26(24,25)23-12-15-9-14(10-21)18(11-22)17-3-2-4-19(23)20(15)17/h5-9,15,17-20H,2-4,12H2,1H3/t15-,17-,18+,19-,20+/m0/s1. The maximum atomic E-state index is 13.3. The van der Waals surface area contributed by atoms with Gasteiger partial charge in [0, 0.05) is 18.2 Å². The van der Waals surface area contributed by atoms with Gasteiger partial charge in [-0.2, -0.15) is 14.8 Å². The number of aryl methyl sites for hydroxylation is 1. The largest absolute Gasteiger partial charge is 0.243 e. The van der Waals surface area contributed by atoms with E-state index in [9.17, 15) is 18.9 Å². The number of benzene rings is 1. The Morgan fingerprint density at radius 2 is 1.88 bits per heavy atom. The molecule has 134 valence electrons. The second kappa shape index (κ2) is 6.23. The van der Waals surface area contributed by atoms with Crippen molar-refractivity contribution in [3.8, 4) is 12.1 Å². The van der Waals surface area contributed by atoms with E-state index in [1.54, 1.807) is 16.4 Å². The van der Waals surface area contributed by atoms with Crippen LogP contribution in [-0.4, -0.2) is 25.3 Å². The molecule has 6 heteroatoms. The normalized spacial score (nSPS) is 33.7. The van der Waals surface area contributed by atoms with Crippen molar-refractivity contribution in [2.24, 2.45) is 23.7 Å². The predicted octanol–water partition coefficient (Wildman–Crippen LogP) is 3.00. The van der Waals surface area contributed by atoms with Crippen LogP contribution >= 0.6 is 0 Å². The highest BCUT2D eigenvalue weighted by Crippen LogP contribution is 2.52. The van der Waals surface area contributed by atoms with Crippen LogP contribution in [0.15, 0.2) is 40.8 Å². The molecule has 0 amide bonds. The Hall–Kier alpha value is -2.15. The summed E-state index contributed by atoms with van der Waals surface area (Å²) in [6.45, 7) is 2.34. The van der Waals surface area contributed by atoms with Crippen LogP contribution < -0.4 is 0 Å². The third-order valence-corrected chi connectivity index (χ3v) is 8.19. The van der Waals surface area contributed by atoms with Gasteiger partial charge >= 0.3 is 0 Å². The van der Waals surface area contributed by atoms with Crippen molar-refractivity contribution in [3.05, 3.63) is 41.5 Å². The summed E-state index contributed by atoms with van der Waals surface area (Å²) in [4.78, 5) is 0.324. The van der Waals surface area contributed by atoms with Crippen molar-refractivity contribution in [3.63, 3.8) is 0 Å². The molecule has 0 aromatic heterocycles. The predicted molar refractivity (Wildman–Crippen MR) is 96.0 cm³/mol. The van der Waals surface area contributed by atoms with Gasteiger partial charge in [-0.05, 0) is 49.7 Å². The number of rotatable bonds is 2. The number of hydrogen-bond acceptors (Lipinski definition) is 4. The molecule has 1 aromatic carbocycles. The van der Waals surface area contributed by atoms with Gasteiger partial charge in [-0.1, -0.05) is 30.2 Å². The Balaban J connectivity index is 1.74. The molecule has 0 bridgehead atoms. The molecular weight excluding hydrogens is 346 g/mol. The molecule has 3 aliphatic rings. The number of sulfonamides is 1. The Morgan fingerprint density at radius 3 is 2.54 bits per heavy atom. The Bertz CT molecular complexity index is 937. The van der Waals surface area contributed by atoms with E-state index in [1.807, 2.05) is 25.1 Å². The molecule has 2 fully saturated rings. The molecule has 5 atom stereocenters. The van der Waals surface area contributed by atoms with Crippen molar-refractivity contribution in [1.82, 2.24) is 4.31 Å². The zero-order chi connectivity index (χ0) is 18.5. The molecule has 0 unspecified atom stereocenters. The van der Waals surface area contributed by atoms with Crippen LogP contribution in [0.25, 0.3) is 0 Å². The highest BCUT2D eigenvalue weighted by molar-refractivity contribution is 7.89. The van der Waals surface area contributed by atoms with E-state index in [2.05, 4.69) is 12.1 Å². The molecule has 1 saturated heterocycles. The Morgan fingerprint density at radius 1 is 1.15 bits per heavy atom. The van der Waals surface area contributed by atoms with Crippen molar-refractivity contribution < 1.29 is 8.42 Å². The molecule has 1 saturated carbocycles. The van der Waals surface area contributed by atoms with Crippen molar-refractivity contribution in [2.45, 2.75) is 37.1 Å². The van der Waals surface area contributed by atoms with Crippen LogP contribution in [0.4, 0.5) is 0 Å². The van der Waals surface area contributed by atoms with Crippen molar-refractivity contribution >= 4 is 10.0 Å². The second-order valence-corrected chi connectivity index (χ2v) is 9.52. The lowest BCUT2D eigenvalue weighted by molar-refractivity contribution is 0.140. The van der Waals surface area contributed by atoms with Crippen LogP contribution in [0, 0.1) is 53.3 Å². The fourth-order valence-corrected chi connectivity index (χ4v) is 6.87. The Kier molecular flexibility index (Phi) is 4.14. The SMILES string of the molecule is Cc1ccc(S(=O)(=O)N2C[C@@H]3C=C(C#N)[C@@H](C#N)[C@@H]4CCC[C@H]2[C@@H]43)cc1. The van der Waals surface area contributed by atoms with E-state index in [-0.39, 0.29) is 23.8 Å². The van der Waals surface area contributed by atoms with Crippen LogP contribution in [0.1, 0.15) is 24.8 Å². The molecule has 0 N–H and O–H groups in total. The van der Waals surface area contributed by atoms with E-state index in [4.69, 9.17) is 0 Å². The summed E-state index contributed by atoms with van der Waals surface area (Å²) in [7, 11) is -3.57. The maximum Gasteiger partial charge on any atom is 0.243 e. The number of allylic oxidation sites excluding steroid dienone is 1. The zero-order valence-electron chi connectivity index (χ0n) is 14.7. The Labute approximate surface area is 154 Å². The lowest BCUT2D eigenvalue weighted by Crippen LogP contribution is -2.44. The van der Waals surface area contributed by atoms with Gasteiger partial charge < -0.3 is 0 Å². The van der Waals surface area contributed by atoms with Gasteiger partial charge in [-0.3, -0.25) is 0 Å². The zero-order valence-corrected chi connectivity index (χ0v) is 15.5. The van der Waals surface area contributed by atoms with E-state index in [0.717, 1.165) is 24.8 Å². The minimum absolute atomic E-state index is 0.0322. The molecule has 0 radical (unpaired) electrons. The van der Waals surface area contributed by atoms with Crippen molar-refractivity contribution in [2.75, 3.05) is 6.54 Å². The fourth-order valence-electron chi connectivity index (χ4n) is 5.15. The smallest absolute Gasteiger partial charge is 0.207 e. The van der Waals surface area contributed by atoms with Gasteiger partial charge in [0.25, 0.3) is 0 Å². The first-order valence-corrected chi connectivity index (χ1v) is 10.5. The van der Waals surface area contributed by atoms with Gasteiger partial charge in [-0.25, -0.2) is 8.42 Å². The fraction of sp³-hybridized carbons (Fsp3) is 0.500. The number of hydrogen-bond donors (Lipinski definition) is 0. The van der Waals surface area contributed by atoms with E-state index in [1.165, 1.54) is 0 Å². The molecule has 26 heavy (non-hydrogen) atoms. The molecule has 1 heterocycles. The maximum absolute atomic E-state index is 13.3. The molecule has 2 aliphatic carbocycles. The summed E-state index contributed by atoms with van der Waals surface area (Å²) in [5.41, 5.74) is 1.55. The third kappa shape index (κ3) is 2.48. The average molecular weight is 367 g/mol. The van der Waals surface area contributed by atoms with Gasteiger partial charge in [0.1, 0.15) is 0 Å². The number of nitrogens with zero attached hydrogens (tertiary/aromatic N) is 3. The summed E-state index contributed by atoms with van der Waals surface area (Å²) in [6, 6.07) is 11.4. The van der Waals surface area contributed by atoms with Crippen LogP contribution in [0.3, 0.4) is 0 Å². The monoisotopic (exact) mass is 367 g/mol. The molecule has 1 aromatic rings. The lowest BCUT2D eigenvalue weighted by atomic mass is 9.62. The van der Waals surface area contributed by atoms with Gasteiger partial charge in [0.05, 0.1) is 23.0 Å². The van der Waals surface area contributed by atoms with E-state index >= 15 is 0 Å². The summed E-state index contributed by atoms with van der Waals surface area (Å²) >= 11 is 0. The minimum atomic E-state index is -3.57. The van der Waals surface area contributed by atoms with Gasteiger partial charge in [-0.15, -0.1) is 0 Å². The molecule has 5 nitrogen and oxygen atoms in total.